The van der Waals surface area contributed by atoms with Gasteiger partial charge in [0.25, 0.3) is 5.88 Å². The Hall–Kier alpha value is -3.45. The van der Waals surface area contributed by atoms with Crippen LogP contribution in [0.25, 0.3) is 11.3 Å². The number of likely N-dealkylation sites (tertiary alicyclic amines) is 1. The Morgan fingerprint density at radius 1 is 1.23 bits per heavy atom. The van der Waals surface area contributed by atoms with Crippen molar-refractivity contribution >= 4 is 5.82 Å². The van der Waals surface area contributed by atoms with E-state index >= 15 is 0 Å². The zero-order valence-corrected chi connectivity index (χ0v) is 20.3. The molecule has 2 aromatic heterocycles. The van der Waals surface area contributed by atoms with E-state index in [9.17, 15) is 5.11 Å². The molecule has 0 unspecified atom stereocenters. The zero-order chi connectivity index (χ0) is 24.6. The highest BCUT2D eigenvalue weighted by molar-refractivity contribution is 5.67. The van der Waals surface area contributed by atoms with Gasteiger partial charge in [0.1, 0.15) is 5.60 Å². The molecule has 3 N–H and O–H groups in total. The molecule has 0 radical (unpaired) electrons. The highest BCUT2D eigenvalue weighted by Gasteiger charge is 2.40. The average Bonchev–Trinajstić information content (AvgIpc) is 3.29. The molecule has 0 saturated carbocycles. The van der Waals surface area contributed by atoms with Gasteiger partial charge in [-0.1, -0.05) is 5.92 Å². The summed E-state index contributed by atoms with van der Waals surface area (Å²) in [6.07, 6.45) is 7.27. The summed E-state index contributed by atoms with van der Waals surface area (Å²) in [7, 11) is 2.14. The number of ether oxygens (including phenoxy) is 2. The van der Waals surface area contributed by atoms with E-state index in [1.54, 1.807) is 19.3 Å². The zero-order valence-electron chi connectivity index (χ0n) is 20.3. The van der Waals surface area contributed by atoms with Crippen LogP contribution in [0.5, 0.6) is 11.6 Å². The van der Waals surface area contributed by atoms with Crippen LogP contribution >= 0.6 is 0 Å². The van der Waals surface area contributed by atoms with Crippen LogP contribution in [0, 0.1) is 18.8 Å². The lowest BCUT2D eigenvalue weighted by atomic mass is 9.84. The molecule has 3 aromatic rings. The van der Waals surface area contributed by atoms with Crippen LogP contribution in [0.15, 0.2) is 30.7 Å². The molecule has 2 fully saturated rings. The first-order chi connectivity index (χ1) is 16.9. The third-order valence-electron chi connectivity index (χ3n) is 6.69. The largest absolute Gasteiger partial charge is 0.433 e. The SMILES string of the molecule is CC#Cc1c(C)cc(-c2cnc(N)c(Oc3cnn(C4CCN(C)CC4)c3)n2)cc1C1(O)COC1. The molecule has 0 atom stereocenters. The van der Waals surface area contributed by atoms with Gasteiger partial charge in [0.05, 0.1) is 43.5 Å². The summed E-state index contributed by atoms with van der Waals surface area (Å²) >= 11 is 0. The summed E-state index contributed by atoms with van der Waals surface area (Å²) in [5.74, 6) is 7.03. The number of hydrogen-bond donors (Lipinski definition) is 2. The van der Waals surface area contributed by atoms with Gasteiger partial charge in [-0.15, -0.1) is 5.92 Å². The molecule has 182 valence electrons. The second kappa shape index (κ2) is 9.30. The lowest BCUT2D eigenvalue weighted by Gasteiger charge is -2.38. The highest BCUT2D eigenvalue weighted by Crippen LogP contribution is 2.36. The molecular formula is C26H30N6O3. The number of piperidine rings is 1. The standard InChI is InChI=1S/C26H30N6O3/c1-4-5-21-17(2)10-18(11-22(21)26(33)15-34-16-26)23-13-28-24(27)25(30-23)35-20-12-29-32(14-20)19-6-8-31(3)9-7-19/h10-14,19,33H,6-9,15-16H2,1-3H3,(H2,27,28). The maximum Gasteiger partial charge on any atom is 0.263 e. The second-order valence-corrected chi connectivity index (χ2v) is 9.35. The van der Waals surface area contributed by atoms with Gasteiger partial charge in [0.15, 0.2) is 11.6 Å². The van der Waals surface area contributed by atoms with Crippen molar-refractivity contribution in [1.82, 2.24) is 24.6 Å². The van der Waals surface area contributed by atoms with Gasteiger partial charge in [0.2, 0.25) is 0 Å². The van der Waals surface area contributed by atoms with Gasteiger partial charge in [0, 0.05) is 16.7 Å². The molecular weight excluding hydrogens is 444 g/mol. The van der Waals surface area contributed by atoms with E-state index in [0.29, 0.717) is 17.5 Å². The Labute approximate surface area is 204 Å². The Morgan fingerprint density at radius 2 is 2.00 bits per heavy atom. The number of rotatable bonds is 5. The lowest BCUT2D eigenvalue weighted by molar-refractivity contribution is -0.184. The summed E-state index contributed by atoms with van der Waals surface area (Å²) in [6.45, 7) is 6.31. The predicted octanol–water partition coefficient (Wildman–Crippen LogP) is 2.88. The van der Waals surface area contributed by atoms with Crippen molar-refractivity contribution < 1.29 is 14.6 Å². The number of benzene rings is 1. The molecule has 9 heteroatoms. The topological polar surface area (TPSA) is 112 Å². The van der Waals surface area contributed by atoms with Crippen molar-refractivity contribution in [2.75, 3.05) is 39.1 Å². The molecule has 0 bridgehead atoms. The number of aliphatic hydroxyl groups is 1. The van der Waals surface area contributed by atoms with Gasteiger partial charge in [-0.2, -0.15) is 5.10 Å². The van der Waals surface area contributed by atoms with Gasteiger partial charge in [-0.05, 0) is 64.5 Å². The van der Waals surface area contributed by atoms with Crippen LogP contribution in [0.2, 0.25) is 0 Å². The molecule has 35 heavy (non-hydrogen) atoms. The van der Waals surface area contributed by atoms with Crippen LogP contribution in [0.1, 0.15) is 42.5 Å². The first-order valence-corrected chi connectivity index (χ1v) is 11.8. The first kappa shape index (κ1) is 23.3. The second-order valence-electron chi connectivity index (χ2n) is 9.35. The van der Waals surface area contributed by atoms with E-state index in [1.807, 2.05) is 29.9 Å². The van der Waals surface area contributed by atoms with Crippen molar-refractivity contribution in [2.24, 2.45) is 0 Å². The van der Waals surface area contributed by atoms with E-state index in [2.05, 4.69) is 38.9 Å². The van der Waals surface area contributed by atoms with Crippen LogP contribution in [0.3, 0.4) is 0 Å². The van der Waals surface area contributed by atoms with Crippen molar-refractivity contribution in [3.05, 3.63) is 47.4 Å². The number of nitrogens with two attached hydrogens (primary N) is 1. The van der Waals surface area contributed by atoms with Gasteiger partial charge in [-0.25, -0.2) is 9.97 Å². The van der Waals surface area contributed by atoms with E-state index in [1.165, 1.54) is 0 Å². The van der Waals surface area contributed by atoms with Gasteiger partial charge in [-0.3, -0.25) is 4.68 Å². The summed E-state index contributed by atoms with van der Waals surface area (Å²) in [5, 5.41) is 15.5. The molecule has 9 nitrogen and oxygen atoms in total. The summed E-state index contributed by atoms with van der Waals surface area (Å²) in [4.78, 5) is 11.3. The third-order valence-corrected chi connectivity index (χ3v) is 6.69. The minimum Gasteiger partial charge on any atom is -0.433 e. The smallest absolute Gasteiger partial charge is 0.263 e. The molecule has 0 amide bonds. The molecule has 2 saturated heterocycles. The molecule has 0 aliphatic carbocycles. The molecule has 5 rings (SSSR count). The van der Waals surface area contributed by atoms with Crippen LogP contribution in [0.4, 0.5) is 5.82 Å². The van der Waals surface area contributed by atoms with Crippen LogP contribution < -0.4 is 10.5 Å². The summed E-state index contributed by atoms with van der Waals surface area (Å²) < 4.78 is 13.3. The summed E-state index contributed by atoms with van der Waals surface area (Å²) in [6, 6.07) is 4.23. The van der Waals surface area contributed by atoms with Crippen molar-refractivity contribution in [1.29, 1.82) is 0 Å². The van der Waals surface area contributed by atoms with Gasteiger partial charge >= 0.3 is 0 Å². The molecule has 2 aliphatic rings. The van der Waals surface area contributed by atoms with Gasteiger partial charge < -0.3 is 25.2 Å². The Balaban J connectivity index is 1.43. The Morgan fingerprint density at radius 3 is 2.69 bits per heavy atom. The highest BCUT2D eigenvalue weighted by atomic mass is 16.5. The predicted molar refractivity (Wildman–Crippen MR) is 132 cm³/mol. The molecule has 1 aromatic carbocycles. The van der Waals surface area contributed by atoms with E-state index < -0.39 is 5.60 Å². The maximum atomic E-state index is 11.0. The fraction of sp³-hybridized carbons (Fsp3) is 0.423. The van der Waals surface area contributed by atoms with Crippen LogP contribution in [-0.4, -0.2) is 63.1 Å². The Bertz CT molecular complexity index is 1300. The molecule has 4 heterocycles. The number of anilines is 1. The van der Waals surface area contributed by atoms with Crippen molar-refractivity contribution in [3.63, 3.8) is 0 Å². The fourth-order valence-electron chi connectivity index (χ4n) is 4.58. The lowest BCUT2D eigenvalue weighted by Crippen LogP contribution is -2.47. The number of hydrogen-bond acceptors (Lipinski definition) is 8. The quantitative estimate of drug-likeness (QED) is 0.543. The minimum atomic E-state index is -1.07. The monoisotopic (exact) mass is 474 g/mol. The van der Waals surface area contributed by atoms with Crippen LogP contribution in [-0.2, 0) is 10.3 Å². The molecule has 2 aliphatic heterocycles. The van der Waals surface area contributed by atoms with E-state index in [0.717, 1.165) is 48.2 Å². The van der Waals surface area contributed by atoms with Crippen molar-refractivity contribution in [2.45, 2.75) is 38.3 Å². The third kappa shape index (κ3) is 4.60. The number of nitrogens with zero attached hydrogens (tertiary/aromatic N) is 5. The average molecular weight is 475 g/mol. The molecule has 0 spiro atoms. The van der Waals surface area contributed by atoms with E-state index in [4.69, 9.17) is 15.2 Å². The maximum absolute atomic E-state index is 11.0. The number of aromatic nitrogens is 4. The minimum absolute atomic E-state index is 0.192. The normalized spacial score (nSPS) is 17.9. The number of aryl methyl sites for hydroxylation is 1. The number of nitrogen functional groups attached to an aromatic ring is 1. The first-order valence-electron chi connectivity index (χ1n) is 11.8. The van der Waals surface area contributed by atoms with E-state index in [-0.39, 0.29) is 24.9 Å². The fourth-order valence-corrected chi connectivity index (χ4v) is 4.58. The Kier molecular flexibility index (Phi) is 6.19. The van der Waals surface area contributed by atoms with Crippen molar-refractivity contribution in [3.8, 4) is 34.7 Å². The summed E-state index contributed by atoms with van der Waals surface area (Å²) in [5.41, 5.74) is 8.88.